The lowest BCUT2D eigenvalue weighted by molar-refractivity contribution is -0.0255. The number of hydrogen-bond donors (Lipinski definition) is 1. The topological polar surface area (TPSA) is 27.7 Å². The van der Waals surface area contributed by atoms with Gasteiger partial charge in [0.05, 0.1) is 12.7 Å². The molecule has 1 aliphatic rings. The number of rotatable bonds is 6. The third-order valence-corrected chi connectivity index (χ3v) is 3.36. The Labute approximate surface area is 99.9 Å². The van der Waals surface area contributed by atoms with Crippen molar-refractivity contribution in [2.75, 3.05) is 53.4 Å². The Bertz CT molecular complexity index is 187. The highest BCUT2D eigenvalue weighted by atomic mass is 16.5. The van der Waals surface area contributed by atoms with Gasteiger partial charge in [0.25, 0.3) is 0 Å². The lowest BCUT2D eigenvalue weighted by Gasteiger charge is -2.32. The number of nitrogens with zero attached hydrogens (tertiary/aromatic N) is 2. The molecule has 4 heteroatoms. The van der Waals surface area contributed by atoms with Gasteiger partial charge in [-0.2, -0.15) is 0 Å². The highest BCUT2D eigenvalue weighted by molar-refractivity contribution is 4.73. The molecule has 96 valence electrons. The summed E-state index contributed by atoms with van der Waals surface area (Å²) in [5, 5.41) is 3.49. The Morgan fingerprint density at radius 1 is 1.50 bits per heavy atom. The summed E-state index contributed by atoms with van der Waals surface area (Å²) in [4.78, 5) is 4.68. The zero-order valence-electron chi connectivity index (χ0n) is 11.2. The van der Waals surface area contributed by atoms with E-state index in [0.29, 0.717) is 12.1 Å². The van der Waals surface area contributed by atoms with Crippen molar-refractivity contribution in [3.8, 4) is 0 Å². The van der Waals surface area contributed by atoms with E-state index in [1.165, 1.54) is 0 Å². The van der Waals surface area contributed by atoms with Crippen molar-refractivity contribution < 1.29 is 4.74 Å². The van der Waals surface area contributed by atoms with Crippen molar-refractivity contribution in [2.24, 2.45) is 0 Å². The maximum Gasteiger partial charge on any atom is 0.0826 e. The van der Waals surface area contributed by atoms with Crippen LogP contribution in [-0.4, -0.2) is 75.4 Å². The van der Waals surface area contributed by atoms with Crippen LogP contribution < -0.4 is 5.32 Å². The van der Waals surface area contributed by atoms with Crippen molar-refractivity contribution in [3.05, 3.63) is 0 Å². The van der Waals surface area contributed by atoms with E-state index in [1.54, 1.807) is 0 Å². The Balaban J connectivity index is 2.12. The van der Waals surface area contributed by atoms with Gasteiger partial charge in [-0.3, -0.25) is 4.90 Å². The van der Waals surface area contributed by atoms with Crippen LogP contribution in [0.5, 0.6) is 0 Å². The second kappa shape index (κ2) is 7.22. The van der Waals surface area contributed by atoms with Crippen LogP contribution in [-0.2, 0) is 4.74 Å². The molecule has 1 rings (SSSR count). The van der Waals surface area contributed by atoms with Crippen molar-refractivity contribution in [3.63, 3.8) is 0 Å². The number of likely N-dealkylation sites (N-methyl/N-ethyl adjacent to an activating group) is 2. The number of nitrogens with one attached hydrogen (secondary N) is 1. The maximum atomic E-state index is 5.73. The lowest BCUT2D eigenvalue weighted by Crippen LogP contribution is -2.47. The van der Waals surface area contributed by atoms with Crippen LogP contribution in [0.3, 0.4) is 0 Å². The van der Waals surface area contributed by atoms with Crippen molar-refractivity contribution >= 4 is 0 Å². The van der Waals surface area contributed by atoms with Crippen LogP contribution in [0, 0.1) is 0 Å². The predicted octanol–water partition coefficient (Wildman–Crippen LogP) is 0.247. The molecule has 1 aliphatic heterocycles. The average molecular weight is 229 g/mol. The van der Waals surface area contributed by atoms with Gasteiger partial charge in [-0.1, -0.05) is 6.92 Å². The fraction of sp³-hybridized carbons (Fsp3) is 1.00. The number of morpholine rings is 1. The molecule has 0 aliphatic carbocycles. The quantitative estimate of drug-likeness (QED) is 0.706. The maximum absolute atomic E-state index is 5.73. The van der Waals surface area contributed by atoms with Gasteiger partial charge in [0.15, 0.2) is 0 Å². The largest absolute Gasteiger partial charge is 0.374 e. The average Bonchev–Trinajstić information content (AvgIpc) is 2.29. The van der Waals surface area contributed by atoms with E-state index in [1.807, 2.05) is 0 Å². The zero-order chi connectivity index (χ0) is 12.0. The molecule has 1 N–H and O–H groups in total. The molecule has 0 aromatic heterocycles. The van der Waals surface area contributed by atoms with Crippen LogP contribution in [0.4, 0.5) is 0 Å². The Morgan fingerprint density at radius 3 is 2.88 bits per heavy atom. The standard InChI is InChI=1S/C12H27N3O/c1-5-15-6-7-16-12(10-15)9-13-8-11(2)14(3)4/h11-13H,5-10H2,1-4H3. The summed E-state index contributed by atoms with van der Waals surface area (Å²) in [5.74, 6) is 0. The molecule has 0 radical (unpaired) electrons. The SMILES string of the molecule is CCN1CCOC(CNCC(C)N(C)C)C1. The molecule has 0 saturated carbocycles. The minimum atomic E-state index is 0.364. The van der Waals surface area contributed by atoms with Crippen molar-refractivity contribution in [1.29, 1.82) is 0 Å². The number of ether oxygens (including phenoxy) is 1. The van der Waals surface area contributed by atoms with E-state index in [9.17, 15) is 0 Å². The summed E-state index contributed by atoms with van der Waals surface area (Å²) < 4.78 is 5.73. The first-order valence-corrected chi connectivity index (χ1v) is 6.34. The van der Waals surface area contributed by atoms with Gasteiger partial charge < -0.3 is 15.0 Å². The summed E-state index contributed by atoms with van der Waals surface area (Å²) in [6.07, 6.45) is 0.364. The molecule has 4 nitrogen and oxygen atoms in total. The van der Waals surface area contributed by atoms with E-state index in [2.05, 4.69) is 43.1 Å². The summed E-state index contributed by atoms with van der Waals surface area (Å²) in [7, 11) is 4.23. The Morgan fingerprint density at radius 2 is 2.25 bits per heavy atom. The van der Waals surface area contributed by atoms with Gasteiger partial charge in [-0.25, -0.2) is 0 Å². The lowest BCUT2D eigenvalue weighted by atomic mass is 10.2. The zero-order valence-corrected chi connectivity index (χ0v) is 11.2. The molecule has 0 spiro atoms. The summed E-state index contributed by atoms with van der Waals surface area (Å²) >= 11 is 0. The predicted molar refractivity (Wildman–Crippen MR) is 67.9 cm³/mol. The van der Waals surface area contributed by atoms with E-state index >= 15 is 0 Å². The first kappa shape index (κ1) is 13.9. The highest BCUT2D eigenvalue weighted by Crippen LogP contribution is 2.03. The molecule has 1 heterocycles. The summed E-state index contributed by atoms with van der Waals surface area (Å²) in [5.41, 5.74) is 0. The summed E-state index contributed by atoms with van der Waals surface area (Å²) in [6, 6.07) is 0.575. The smallest absolute Gasteiger partial charge is 0.0826 e. The molecule has 0 amide bonds. The molecule has 2 unspecified atom stereocenters. The van der Waals surface area contributed by atoms with Gasteiger partial charge in [-0.05, 0) is 27.6 Å². The third-order valence-electron chi connectivity index (χ3n) is 3.36. The molecular formula is C12H27N3O. The van der Waals surface area contributed by atoms with E-state index in [0.717, 1.165) is 39.3 Å². The monoisotopic (exact) mass is 229 g/mol. The van der Waals surface area contributed by atoms with Gasteiger partial charge in [0, 0.05) is 32.2 Å². The first-order valence-electron chi connectivity index (χ1n) is 6.34. The van der Waals surface area contributed by atoms with Gasteiger partial charge in [0.1, 0.15) is 0 Å². The molecule has 16 heavy (non-hydrogen) atoms. The number of hydrogen-bond acceptors (Lipinski definition) is 4. The second-order valence-corrected chi connectivity index (χ2v) is 4.86. The van der Waals surface area contributed by atoms with Crippen LogP contribution in [0.1, 0.15) is 13.8 Å². The van der Waals surface area contributed by atoms with E-state index in [-0.39, 0.29) is 0 Å². The first-order chi connectivity index (χ1) is 7.63. The van der Waals surface area contributed by atoms with Crippen LogP contribution in [0.2, 0.25) is 0 Å². The Kier molecular flexibility index (Phi) is 6.28. The normalized spacial score (nSPS) is 24.9. The molecule has 0 aromatic carbocycles. The third kappa shape index (κ3) is 4.78. The van der Waals surface area contributed by atoms with E-state index < -0.39 is 0 Å². The van der Waals surface area contributed by atoms with Crippen LogP contribution >= 0.6 is 0 Å². The second-order valence-electron chi connectivity index (χ2n) is 4.86. The fourth-order valence-electron chi connectivity index (χ4n) is 1.83. The molecule has 0 bridgehead atoms. The van der Waals surface area contributed by atoms with Crippen molar-refractivity contribution in [1.82, 2.24) is 15.1 Å². The summed E-state index contributed by atoms with van der Waals surface area (Å²) in [6.45, 7) is 10.6. The van der Waals surface area contributed by atoms with E-state index in [4.69, 9.17) is 4.74 Å². The Hall–Kier alpha value is -0.160. The molecule has 0 aromatic rings. The highest BCUT2D eigenvalue weighted by Gasteiger charge is 2.18. The fourth-order valence-corrected chi connectivity index (χ4v) is 1.83. The van der Waals surface area contributed by atoms with Gasteiger partial charge in [0.2, 0.25) is 0 Å². The molecule has 1 saturated heterocycles. The van der Waals surface area contributed by atoms with Crippen molar-refractivity contribution in [2.45, 2.75) is 26.0 Å². The molecule has 2 atom stereocenters. The van der Waals surface area contributed by atoms with Gasteiger partial charge in [-0.15, -0.1) is 0 Å². The minimum Gasteiger partial charge on any atom is -0.374 e. The minimum absolute atomic E-state index is 0.364. The molecule has 1 fully saturated rings. The van der Waals surface area contributed by atoms with Gasteiger partial charge >= 0.3 is 0 Å². The van der Waals surface area contributed by atoms with Crippen LogP contribution in [0.25, 0.3) is 0 Å². The van der Waals surface area contributed by atoms with Crippen LogP contribution in [0.15, 0.2) is 0 Å². The molecular weight excluding hydrogens is 202 g/mol.